The van der Waals surface area contributed by atoms with Crippen LogP contribution in [0.2, 0.25) is 0 Å². The van der Waals surface area contributed by atoms with E-state index in [1.165, 1.54) is 19.3 Å². The minimum Gasteiger partial charge on any atom is -0.394 e. The molecule has 0 radical (unpaired) electrons. The monoisotopic (exact) mass is 592 g/mol. The molecule has 0 bridgehead atoms. The number of nitrogens with zero attached hydrogens (tertiary/aromatic N) is 2. The molecule has 2 aliphatic heterocycles. The Morgan fingerprint density at radius 3 is 2.49 bits per heavy atom. The van der Waals surface area contributed by atoms with Crippen molar-refractivity contribution >= 4 is 19.8 Å². The third-order valence-electron chi connectivity index (χ3n) is 6.93. The van der Waals surface area contributed by atoms with Gasteiger partial charge in [-0.1, -0.05) is 12.2 Å². The smallest absolute Gasteiger partial charge is 0.330 e. The summed E-state index contributed by atoms with van der Waals surface area (Å²) in [5.41, 5.74) is -6.62. The first kappa shape index (κ1) is 29.7. The van der Waals surface area contributed by atoms with Crippen LogP contribution in [0.25, 0.3) is 0 Å². The second kappa shape index (κ2) is 10.3. The van der Waals surface area contributed by atoms with Crippen molar-refractivity contribution in [3.05, 3.63) is 59.5 Å². The fraction of sp³-hybridized carbons (Fsp3) is 0.619. The van der Waals surface area contributed by atoms with Gasteiger partial charge in [0.2, 0.25) is 0 Å². The quantitative estimate of drug-likeness (QED) is 0.105. The van der Waals surface area contributed by atoms with Gasteiger partial charge in [-0.05, 0) is 13.8 Å². The van der Waals surface area contributed by atoms with Gasteiger partial charge in [0, 0.05) is 43.0 Å². The number of aryl methyl sites for hydroxylation is 2. The number of aliphatic hydroxyl groups excluding tert-OH is 3. The third-order valence-corrected chi connectivity index (χ3v) is 7.96. The van der Waals surface area contributed by atoms with E-state index in [2.05, 4.69) is 9.97 Å². The number of hydrogen-bond donors (Lipinski definition) is 7. The van der Waals surface area contributed by atoms with E-state index >= 15 is 0 Å². The molecule has 0 saturated carbocycles. The minimum absolute atomic E-state index is 0.0681. The van der Waals surface area contributed by atoms with Crippen LogP contribution in [0.1, 0.15) is 30.2 Å². The number of H-pyrrole nitrogens is 2. The molecule has 0 spiro atoms. The Kier molecular flexibility index (Phi) is 7.81. The van der Waals surface area contributed by atoms with Crippen molar-refractivity contribution in [1.82, 2.24) is 19.1 Å². The molecule has 0 amide bonds. The van der Waals surface area contributed by atoms with Crippen molar-refractivity contribution in [2.24, 2.45) is 0 Å². The number of rotatable bonds is 7. The average molecular weight is 593 g/mol. The molecular formula is C21H29N4O12PS. The average Bonchev–Trinajstić information content (AvgIpc) is 3.36. The maximum Gasteiger partial charge on any atom is 0.330 e. The van der Waals surface area contributed by atoms with E-state index in [1.807, 2.05) is 0 Å². The molecule has 39 heavy (non-hydrogen) atoms. The zero-order valence-electron chi connectivity index (χ0n) is 21.0. The molecule has 2 unspecified atom stereocenters. The highest BCUT2D eigenvalue weighted by Gasteiger charge is 2.68. The molecular weight excluding hydrogens is 563 g/mol. The maximum atomic E-state index is 13.2. The minimum atomic E-state index is -4.29. The molecule has 4 heterocycles. The molecule has 16 nitrogen and oxygen atoms in total. The molecule has 7 N–H and O–H groups in total. The topological polar surface area (TPSA) is 239 Å². The van der Waals surface area contributed by atoms with Gasteiger partial charge < -0.3 is 34.8 Å². The van der Waals surface area contributed by atoms with E-state index in [0.717, 1.165) is 15.8 Å². The molecule has 2 fully saturated rings. The van der Waals surface area contributed by atoms with E-state index in [9.17, 15) is 44.3 Å². The van der Waals surface area contributed by atoms with Crippen LogP contribution < -0.4 is 16.9 Å². The summed E-state index contributed by atoms with van der Waals surface area (Å²) in [5.74, 6) is 0. The molecule has 18 heteroatoms. The van der Waals surface area contributed by atoms with Crippen molar-refractivity contribution in [1.29, 1.82) is 0 Å². The molecule has 0 aromatic carbocycles. The lowest BCUT2D eigenvalue weighted by Gasteiger charge is -2.45. The molecule has 2 aromatic rings. The van der Waals surface area contributed by atoms with Crippen molar-refractivity contribution < 1.29 is 43.9 Å². The molecule has 2 aromatic heterocycles. The second-order valence-corrected chi connectivity index (χ2v) is 12.0. The largest absolute Gasteiger partial charge is 0.394 e. The van der Waals surface area contributed by atoms with Gasteiger partial charge in [-0.25, -0.2) is 9.59 Å². The fourth-order valence-electron chi connectivity index (χ4n) is 5.05. The van der Waals surface area contributed by atoms with Crippen LogP contribution in [0.4, 0.5) is 0 Å². The van der Waals surface area contributed by atoms with Crippen LogP contribution >= 0.6 is 19.8 Å². The summed E-state index contributed by atoms with van der Waals surface area (Å²) in [6, 6.07) is 0. The zero-order valence-corrected chi connectivity index (χ0v) is 22.7. The van der Waals surface area contributed by atoms with Gasteiger partial charge in [-0.2, -0.15) is 0 Å². The predicted molar refractivity (Wildman–Crippen MR) is 134 cm³/mol. The second-order valence-electron chi connectivity index (χ2n) is 9.75. The highest BCUT2D eigenvalue weighted by Crippen LogP contribution is 2.53. The summed E-state index contributed by atoms with van der Waals surface area (Å²) < 4.78 is 30.2. The summed E-state index contributed by atoms with van der Waals surface area (Å²) in [5, 5.41) is 43.8. The molecule has 2 saturated heterocycles. The van der Waals surface area contributed by atoms with Crippen LogP contribution in [0.3, 0.4) is 0 Å². The van der Waals surface area contributed by atoms with E-state index in [4.69, 9.17) is 26.2 Å². The van der Waals surface area contributed by atoms with Crippen molar-refractivity contribution in [3.8, 4) is 0 Å². The summed E-state index contributed by atoms with van der Waals surface area (Å²) in [6.07, 6.45) is -7.16. The van der Waals surface area contributed by atoms with Gasteiger partial charge in [0.15, 0.2) is 12.0 Å². The van der Waals surface area contributed by atoms with Crippen LogP contribution in [0, 0.1) is 18.5 Å². The van der Waals surface area contributed by atoms with Crippen molar-refractivity contribution in [3.63, 3.8) is 0 Å². The lowest BCUT2D eigenvalue weighted by Crippen LogP contribution is -2.63. The lowest BCUT2D eigenvalue weighted by molar-refractivity contribution is -0.268. The Labute approximate surface area is 224 Å². The van der Waals surface area contributed by atoms with E-state index in [-0.39, 0.29) is 10.2 Å². The molecule has 4 rings (SSSR count). The lowest BCUT2D eigenvalue weighted by atomic mass is 9.80. The Morgan fingerprint density at radius 1 is 1.21 bits per heavy atom. The van der Waals surface area contributed by atoms with Crippen LogP contribution in [-0.2, 0) is 24.3 Å². The van der Waals surface area contributed by atoms with Gasteiger partial charge in [0.1, 0.15) is 28.7 Å². The van der Waals surface area contributed by atoms with E-state index in [1.54, 1.807) is 6.92 Å². The van der Waals surface area contributed by atoms with Crippen LogP contribution in [0.15, 0.2) is 26.8 Å². The molecule has 8 atom stereocenters. The Bertz CT molecular complexity index is 1550. The van der Waals surface area contributed by atoms with E-state index < -0.39 is 86.1 Å². The number of aliphatic hydroxyl groups is 4. The predicted octanol–water partition coefficient (Wildman–Crippen LogP) is -1.96. The number of aromatic amines is 2. The zero-order chi connectivity index (χ0) is 29.1. The highest BCUT2D eigenvalue weighted by molar-refractivity contribution is 7.71. The molecule has 2 aliphatic rings. The third kappa shape index (κ3) is 5.15. The Balaban J connectivity index is 1.90. The summed E-state index contributed by atoms with van der Waals surface area (Å²) >= 11 is 5.12. The van der Waals surface area contributed by atoms with Gasteiger partial charge in [0.25, 0.3) is 5.56 Å². The fourth-order valence-corrected chi connectivity index (χ4v) is 5.72. The maximum absolute atomic E-state index is 13.2. The number of nitrogens with one attached hydrogen (secondary N) is 2. The summed E-state index contributed by atoms with van der Waals surface area (Å²) in [6.45, 7) is 2.93. The van der Waals surface area contributed by atoms with Gasteiger partial charge in [0.05, 0.1) is 12.7 Å². The summed E-state index contributed by atoms with van der Waals surface area (Å²) in [7, 11) is -4.29. The summed E-state index contributed by atoms with van der Waals surface area (Å²) in [4.78, 5) is 51.7. The van der Waals surface area contributed by atoms with Crippen LogP contribution in [-0.4, -0.2) is 87.9 Å². The number of aromatic nitrogens is 4. The molecule has 216 valence electrons. The highest BCUT2D eigenvalue weighted by atomic mass is 32.1. The molecule has 0 aliphatic carbocycles. The standard InChI is InChI=1S/C21H29N4O12PS/c1-9-6-24(18(30)22-15(9)28)13-5-20(32,12(8-26)35-13)21(25-7-10(2)16(39)23-19(25)31)4-11(27)14(36-21)17(29)37-38(3,33)34/h6-7,11-14,17,26-27,29,32H,4-5,8H2,1-3H3,(H,33,34)(H,22,28,30)(H,23,31,39)/t11-,12+,13+,14-,17?,20-,21-/m0/s1. The van der Waals surface area contributed by atoms with Gasteiger partial charge in [-0.3, -0.25) is 33.0 Å². The number of hydrogen-bond acceptors (Lipinski definition) is 12. The van der Waals surface area contributed by atoms with Gasteiger partial charge in [-0.15, -0.1) is 0 Å². The van der Waals surface area contributed by atoms with Crippen molar-refractivity contribution in [2.75, 3.05) is 13.3 Å². The van der Waals surface area contributed by atoms with Crippen LogP contribution in [0.5, 0.6) is 0 Å². The number of ether oxygens (including phenoxy) is 2. The SMILES string of the molecule is Cc1cn([C@H]2C[C@@](O)([C@]3(n4cc(C)c(=S)[nH]c4=O)C[C@H](O)[C@@H](C(O)OP(C)(=O)O)O3)[C@@H](CO)O2)c(=O)[nH]c1=O. The Hall–Kier alpha value is -2.31. The Morgan fingerprint density at radius 2 is 1.87 bits per heavy atom. The van der Waals surface area contributed by atoms with Crippen molar-refractivity contribution in [2.45, 2.75) is 68.8 Å². The first-order chi connectivity index (χ1) is 18.0. The first-order valence-electron chi connectivity index (χ1n) is 11.7. The normalized spacial score (nSPS) is 33.2. The first-order valence-corrected chi connectivity index (χ1v) is 14.1. The van der Waals surface area contributed by atoms with E-state index in [0.29, 0.717) is 5.56 Å². The van der Waals surface area contributed by atoms with Gasteiger partial charge >= 0.3 is 19.0 Å².